The first-order valence-corrected chi connectivity index (χ1v) is 9.37. The number of benzene rings is 2. The minimum absolute atomic E-state index is 0.275. The van der Waals surface area contributed by atoms with Crippen LogP contribution >= 0.6 is 22.9 Å². The zero-order valence-electron chi connectivity index (χ0n) is 14.2. The Hall–Kier alpha value is -2.31. The van der Waals surface area contributed by atoms with Crippen LogP contribution in [0.5, 0.6) is 11.5 Å². The van der Waals surface area contributed by atoms with E-state index in [2.05, 4.69) is 10.3 Å². The highest BCUT2D eigenvalue weighted by Crippen LogP contribution is 2.37. The Morgan fingerprint density at radius 3 is 2.65 bits per heavy atom. The zero-order chi connectivity index (χ0) is 18.4. The standard InChI is InChI=1S/C19H18ClFN2O2S/c1-2-24-17-10-14(11-23-19-22-7-8-26-19)9-16(20)18(17)25-12-13-3-5-15(21)6-4-13/h3-10H,2,11-12H2,1H3,(H,22,23). The van der Waals surface area contributed by atoms with Crippen LogP contribution in [0.3, 0.4) is 0 Å². The van der Waals surface area contributed by atoms with E-state index >= 15 is 0 Å². The number of nitrogens with one attached hydrogen (secondary N) is 1. The second-order valence-corrected chi connectivity index (χ2v) is 6.75. The van der Waals surface area contributed by atoms with Crippen molar-refractivity contribution in [1.29, 1.82) is 0 Å². The van der Waals surface area contributed by atoms with Gasteiger partial charge in [-0.05, 0) is 42.3 Å². The highest BCUT2D eigenvalue weighted by atomic mass is 35.5. The van der Waals surface area contributed by atoms with E-state index in [0.717, 1.165) is 16.3 Å². The molecule has 1 N–H and O–H groups in total. The lowest BCUT2D eigenvalue weighted by atomic mass is 10.2. The van der Waals surface area contributed by atoms with Crippen molar-refractivity contribution in [1.82, 2.24) is 4.98 Å². The summed E-state index contributed by atoms with van der Waals surface area (Å²) in [7, 11) is 0. The second-order valence-electron chi connectivity index (χ2n) is 5.44. The van der Waals surface area contributed by atoms with Crippen molar-refractivity contribution in [3.05, 3.63) is 69.9 Å². The van der Waals surface area contributed by atoms with Crippen LogP contribution in [0.4, 0.5) is 9.52 Å². The summed E-state index contributed by atoms with van der Waals surface area (Å²) >= 11 is 7.95. The lowest BCUT2D eigenvalue weighted by Gasteiger charge is -2.15. The molecule has 3 rings (SSSR count). The van der Waals surface area contributed by atoms with Crippen LogP contribution in [0.25, 0.3) is 0 Å². The van der Waals surface area contributed by atoms with Gasteiger partial charge in [0.25, 0.3) is 0 Å². The Balaban J connectivity index is 1.74. The van der Waals surface area contributed by atoms with Crippen LogP contribution in [-0.4, -0.2) is 11.6 Å². The van der Waals surface area contributed by atoms with E-state index < -0.39 is 0 Å². The maximum atomic E-state index is 13.0. The summed E-state index contributed by atoms with van der Waals surface area (Å²) in [5.74, 6) is 0.785. The minimum Gasteiger partial charge on any atom is -0.490 e. The smallest absolute Gasteiger partial charge is 0.182 e. The number of ether oxygens (including phenoxy) is 2. The van der Waals surface area contributed by atoms with Gasteiger partial charge in [-0.2, -0.15) is 0 Å². The molecular formula is C19H18ClFN2O2S. The van der Waals surface area contributed by atoms with Crippen molar-refractivity contribution in [2.45, 2.75) is 20.1 Å². The van der Waals surface area contributed by atoms with Crippen molar-refractivity contribution >= 4 is 28.1 Å². The number of rotatable bonds is 8. The third kappa shape index (κ3) is 4.86. The fourth-order valence-corrected chi connectivity index (χ4v) is 3.17. The van der Waals surface area contributed by atoms with Gasteiger partial charge in [-0.15, -0.1) is 11.3 Å². The van der Waals surface area contributed by atoms with Crippen LogP contribution in [0, 0.1) is 5.82 Å². The SMILES string of the molecule is CCOc1cc(CNc2nccs2)cc(Cl)c1OCc1ccc(F)cc1. The van der Waals surface area contributed by atoms with Crippen molar-refractivity contribution in [3.63, 3.8) is 0 Å². The molecule has 26 heavy (non-hydrogen) atoms. The highest BCUT2D eigenvalue weighted by Gasteiger charge is 2.13. The molecule has 3 aromatic rings. The molecule has 7 heteroatoms. The van der Waals surface area contributed by atoms with Gasteiger partial charge in [-0.1, -0.05) is 23.7 Å². The van der Waals surface area contributed by atoms with Gasteiger partial charge < -0.3 is 14.8 Å². The molecule has 0 spiro atoms. The molecule has 0 atom stereocenters. The molecule has 0 radical (unpaired) electrons. The fraction of sp³-hybridized carbons (Fsp3) is 0.211. The van der Waals surface area contributed by atoms with Gasteiger partial charge in [0.2, 0.25) is 0 Å². The molecule has 2 aromatic carbocycles. The molecule has 0 aliphatic heterocycles. The molecule has 4 nitrogen and oxygen atoms in total. The molecule has 0 saturated carbocycles. The zero-order valence-corrected chi connectivity index (χ0v) is 15.7. The lowest BCUT2D eigenvalue weighted by molar-refractivity contribution is 0.269. The lowest BCUT2D eigenvalue weighted by Crippen LogP contribution is -2.04. The van der Waals surface area contributed by atoms with Crippen LogP contribution in [0.15, 0.2) is 48.0 Å². The predicted octanol–water partition coefficient (Wildman–Crippen LogP) is 5.53. The normalized spacial score (nSPS) is 10.6. The molecule has 0 aliphatic carbocycles. The maximum Gasteiger partial charge on any atom is 0.182 e. The van der Waals surface area contributed by atoms with Gasteiger partial charge in [0.05, 0.1) is 11.6 Å². The average molecular weight is 393 g/mol. The molecule has 1 aromatic heterocycles. The van der Waals surface area contributed by atoms with Crippen molar-refractivity contribution in [2.75, 3.05) is 11.9 Å². The molecule has 0 aliphatic rings. The summed E-state index contributed by atoms with van der Waals surface area (Å²) in [5.41, 5.74) is 1.81. The summed E-state index contributed by atoms with van der Waals surface area (Å²) in [6.45, 7) is 3.24. The largest absolute Gasteiger partial charge is 0.490 e. The molecule has 0 bridgehead atoms. The number of hydrogen-bond acceptors (Lipinski definition) is 5. The average Bonchev–Trinajstić information content (AvgIpc) is 3.14. The summed E-state index contributed by atoms with van der Waals surface area (Å²) in [6.07, 6.45) is 1.75. The monoisotopic (exact) mass is 392 g/mol. The number of nitrogens with zero attached hydrogens (tertiary/aromatic N) is 1. The number of hydrogen-bond donors (Lipinski definition) is 1. The molecule has 1 heterocycles. The van der Waals surface area contributed by atoms with E-state index in [1.807, 2.05) is 24.4 Å². The Labute approximate surface area is 160 Å². The minimum atomic E-state index is -0.279. The molecule has 0 saturated heterocycles. The van der Waals surface area contributed by atoms with Gasteiger partial charge in [-0.3, -0.25) is 0 Å². The highest BCUT2D eigenvalue weighted by molar-refractivity contribution is 7.13. The molecule has 0 fully saturated rings. The molecule has 0 unspecified atom stereocenters. The van der Waals surface area contributed by atoms with E-state index in [9.17, 15) is 4.39 Å². The summed E-state index contributed by atoms with van der Waals surface area (Å²) in [4.78, 5) is 4.19. The van der Waals surface area contributed by atoms with Gasteiger partial charge >= 0.3 is 0 Å². The summed E-state index contributed by atoms with van der Waals surface area (Å²) in [6, 6.07) is 9.89. The second kappa shape index (κ2) is 8.87. The number of thiazole rings is 1. The van der Waals surface area contributed by atoms with Crippen molar-refractivity contribution < 1.29 is 13.9 Å². The maximum absolute atomic E-state index is 13.0. The van der Waals surface area contributed by atoms with Gasteiger partial charge in [-0.25, -0.2) is 9.37 Å². The third-order valence-corrected chi connectivity index (χ3v) is 4.55. The van der Waals surface area contributed by atoms with E-state index in [1.54, 1.807) is 18.3 Å². The van der Waals surface area contributed by atoms with Crippen LogP contribution in [0.1, 0.15) is 18.1 Å². The Bertz CT molecular complexity index is 842. The number of anilines is 1. The third-order valence-electron chi connectivity index (χ3n) is 3.54. The molecule has 0 amide bonds. The first kappa shape index (κ1) is 18.5. The van der Waals surface area contributed by atoms with Gasteiger partial charge in [0.1, 0.15) is 12.4 Å². The van der Waals surface area contributed by atoms with E-state index in [-0.39, 0.29) is 12.4 Å². The van der Waals surface area contributed by atoms with Crippen LogP contribution < -0.4 is 14.8 Å². The van der Waals surface area contributed by atoms with E-state index in [1.165, 1.54) is 23.5 Å². The summed E-state index contributed by atoms with van der Waals surface area (Å²) in [5, 5.41) is 6.46. The van der Waals surface area contributed by atoms with Gasteiger partial charge in [0.15, 0.2) is 16.6 Å². The Morgan fingerprint density at radius 1 is 1.15 bits per heavy atom. The first-order chi connectivity index (χ1) is 12.7. The first-order valence-electron chi connectivity index (χ1n) is 8.11. The molecule has 136 valence electrons. The predicted molar refractivity (Wildman–Crippen MR) is 103 cm³/mol. The van der Waals surface area contributed by atoms with Crippen molar-refractivity contribution in [2.24, 2.45) is 0 Å². The number of halogens is 2. The quantitative estimate of drug-likeness (QED) is 0.547. The van der Waals surface area contributed by atoms with Gasteiger partial charge in [0, 0.05) is 18.1 Å². The summed E-state index contributed by atoms with van der Waals surface area (Å²) < 4.78 is 24.5. The Morgan fingerprint density at radius 2 is 1.96 bits per heavy atom. The topological polar surface area (TPSA) is 43.4 Å². The number of aromatic nitrogens is 1. The van der Waals surface area contributed by atoms with E-state index in [4.69, 9.17) is 21.1 Å². The van der Waals surface area contributed by atoms with Crippen LogP contribution in [0.2, 0.25) is 5.02 Å². The van der Waals surface area contributed by atoms with Crippen molar-refractivity contribution in [3.8, 4) is 11.5 Å². The Kier molecular flexibility index (Phi) is 6.30. The van der Waals surface area contributed by atoms with E-state index in [0.29, 0.717) is 29.7 Å². The molecular weight excluding hydrogens is 375 g/mol. The fourth-order valence-electron chi connectivity index (χ4n) is 2.35. The van der Waals surface area contributed by atoms with Crippen LogP contribution in [-0.2, 0) is 13.2 Å².